The molecule has 0 atom stereocenters. The maximum atomic E-state index is 13.6. The summed E-state index contributed by atoms with van der Waals surface area (Å²) in [7, 11) is 0. The van der Waals surface area contributed by atoms with E-state index >= 15 is 0 Å². The van der Waals surface area contributed by atoms with Gasteiger partial charge in [-0.1, -0.05) is 6.07 Å². The Morgan fingerprint density at radius 3 is 2.75 bits per heavy atom. The topological polar surface area (TPSA) is 63.8 Å². The van der Waals surface area contributed by atoms with Crippen molar-refractivity contribution in [1.82, 2.24) is 9.97 Å². The lowest BCUT2D eigenvalue weighted by Gasteiger charge is -2.08. The van der Waals surface area contributed by atoms with Crippen LogP contribution in [0.3, 0.4) is 0 Å². The van der Waals surface area contributed by atoms with Crippen molar-refractivity contribution < 1.29 is 8.78 Å². The number of nitrogens with zero attached hydrogens (tertiary/aromatic N) is 2. The van der Waals surface area contributed by atoms with Crippen LogP contribution < -0.4 is 11.1 Å². The lowest BCUT2D eigenvalue weighted by atomic mass is 10.2. The second-order valence-corrected chi connectivity index (χ2v) is 4.22. The van der Waals surface area contributed by atoms with Gasteiger partial charge in [-0.3, -0.25) is 4.98 Å². The van der Waals surface area contributed by atoms with Crippen LogP contribution in [0.5, 0.6) is 0 Å². The number of anilines is 3. The van der Waals surface area contributed by atoms with Crippen LogP contribution in [0.4, 0.5) is 26.1 Å². The molecule has 2 heterocycles. The van der Waals surface area contributed by atoms with Crippen molar-refractivity contribution in [2.75, 3.05) is 11.1 Å². The summed E-state index contributed by atoms with van der Waals surface area (Å²) in [6.45, 7) is 0. The van der Waals surface area contributed by atoms with E-state index in [2.05, 4.69) is 15.3 Å². The number of aromatic nitrogens is 2. The molecule has 0 saturated carbocycles. The molecule has 100 valence electrons. The molecule has 3 aromatic rings. The summed E-state index contributed by atoms with van der Waals surface area (Å²) in [6.07, 6.45) is 1.69. The highest BCUT2D eigenvalue weighted by Crippen LogP contribution is 2.23. The van der Waals surface area contributed by atoms with Gasteiger partial charge >= 0.3 is 0 Å². The van der Waals surface area contributed by atoms with Gasteiger partial charge in [0.2, 0.25) is 0 Å². The number of benzene rings is 1. The lowest BCUT2D eigenvalue weighted by Crippen LogP contribution is -2.03. The molecule has 0 bridgehead atoms. The molecule has 20 heavy (non-hydrogen) atoms. The van der Waals surface area contributed by atoms with E-state index < -0.39 is 11.6 Å². The summed E-state index contributed by atoms with van der Waals surface area (Å²) >= 11 is 0. The van der Waals surface area contributed by atoms with Crippen LogP contribution >= 0.6 is 0 Å². The highest BCUT2D eigenvalue weighted by molar-refractivity contribution is 5.83. The third-order valence-corrected chi connectivity index (χ3v) is 2.82. The Morgan fingerprint density at radius 2 is 1.90 bits per heavy atom. The molecule has 3 N–H and O–H groups in total. The van der Waals surface area contributed by atoms with Gasteiger partial charge in [-0.05, 0) is 24.3 Å². The molecular weight excluding hydrogens is 262 g/mol. The van der Waals surface area contributed by atoms with Crippen molar-refractivity contribution in [1.29, 1.82) is 0 Å². The minimum absolute atomic E-state index is 0.118. The molecular formula is C14H10F2N4. The van der Waals surface area contributed by atoms with E-state index in [0.717, 1.165) is 10.9 Å². The van der Waals surface area contributed by atoms with Gasteiger partial charge in [0.1, 0.15) is 0 Å². The highest BCUT2D eigenvalue weighted by Gasteiger charge is 2.10. The van der Waals surface area contributed by atoms with Crippen LogP contribution in [0.1, 0.15) is 0 Å². The maximum Gasteiger partial charge on any atom is 0.169 e. The van der Waals surface area contributed by atoms with Gasteiger partial charge in [-0.15, -0.1) is 0 Å². The maximum absolute atomic E-state index is 13.6. The van der Waals surface area contributed by atoms with Gasteiger partial charge in [0, 0.05) is 23.3 Å². The highest BCUT2D eigenvalue weighted by atomic mass is 19.1. The molecule has 0 unspecified atom stereocenters. The van der Waals surface area contributed by atoms with Gasteiger partial charge in [-0.25, -0.2) is 13.8 Å². The molecule has 0 saturated heterocycles. The van der Waals surface area contributed by atoms with Crippen molar-refractivity contribution in [2.24, 2.45) is 0 Å². The van der Waals surface area contributed by atoms with Crippen LogP contribution in [0.15, 0.2) is 42.6 Å². The van der Waals surface area contributed by atoms with E-state index in [0.29, 0.717) is 11.8 Å². The van der Waals surface area contributed by atoms with E-state index in [1.54, 1.807) is 30.5 Å². The Bertz CT molecular complexity index is 789. The molecule has 0 spiro atoms. The average Bonchev–Trinajstić information content (AvgIpc) is 2.44. The Hall–Kier alpha value is -2.76. The van der Waals surface area contributed by atoms with Gasteiger partial charge < -0.3 is 11.1 Å². The number of hydrogen-bond donors (Lipinski definition) is 2. The first kappa shape index (κ1) is 12.3. The molecule has 2 aromatic heterocycles. The first-order valence-corrected chi connectivity index (χ1v) is 5.87. The summed E-state index contributed by atoms with van der Waals surface area (Å²) in [4.78, 5) is 7.83. The predicted molar refractivity (Wildman–Crippen MR) is 73.6 cm³/mol. The Balaban J connectivity index is 1.99. The average molecular weight is 272 g/mol. The summed E-state index contributed by atoms with van der Waals surface area (Å²) < 4.78 is 26.6. The van der Waals surface area contributed by atoms with Gasteiger partial charge in [0.05, 0.1) is 5.52 Å². The molecule has 0 amide bonds. The van der Waals surface area contributed by atoms with Crippen molar-refractivity contribution in [2.45, 2.75) is 0 Å². The molecule has 6 heteroatoms. The number of hydrogen-bond acceptors (Lipinski definition) is 4. The van der Waals surface area contributed by atoms with Gasteiger partial charge in [0.25, 0.3) is 0 Å². The Morgan fingerprint density at radius 1 is 1.05 bits per heavy atom. The molecule has 0 aliphatic carbocycles. The summed E-state index contributed by atoms with van der Waals surface area (Å²) in [6, 6.07) is 9.71. The van der Waals surface area contributed by atoms with Crippen molar-refractivity contribution in [3.63, 3.8) is 0 Å². The fourth-order valence-corrected chi connectivity index (χ4v) is 1.86. The fourth-order valence-electron chi connectivity index (χ4n) is 1.86. The van der Waals surface area contributed by atoms with Crippen molar-refractivity contribution in [3.8, 4) is 0 Å². The number of nitrogens with one attached hydrogen (secondary N) is 1. The lowest BCUT2D eigenvalue weighted by molar-refractivity contribution is 0.581. The molecule has 0 fully saturated rings. The first-order chi connectivity index (χ1) is 9.63. The largest absolute Gasteiger partial charge is 0.381 e. The van der Waals surface area contributed by atoms with E-state index in [-0.39, 0.29) is 11.6 Å². The monoisotopic (exact) mass is 272 g/mol. The number of halogens is 2. The third kappa shape index (κ3) is 2.23. The van der Waals surface area contributed by atoms with Crippen molar-refractivity contribution >= 4 is 28.2 Å². The molecule has 0 radical (unpaired) electrons. The second kappa shape index (κ2) is 4.73. The number of nitrogens with two attached hydrogens (primary N) is 1. The third-order valence-electron chi connectivity index (χ3n) is 2.82. The van der Waals surface area contributed by atoms with E-state index in [1.165, 1.54) is 0 Å². The first-order valence-electron chi connectivity index (χ1n) is 5.87. The standard InChI is InChI=1S/C14H10F2N4/c15-10-7-11(16)14(20-13(10)17)19-9-3-4-12-8(6-9)2-1-5-18-12/h1-7H,(H3,17,19,20). The number of fused-ring (bicyclic) bond motifs is 1. The SMILES string of the molecule is Nc1nc(Nc2ccc3ncccc3c2)c(F)cc1F. The zero-order valence-corrected chi connectivity index (χ0v) is 10.3. The van der Waals surface area contributed by atoms with E-state index in [4.69, 9.17) is 5.73 Å². The summed E-state index contributed by atoms with van der Waals surface area (Å²) in [5.74, 6) is -2.15. The second-order valence-electron chi connectivity index (χ2n) is 4.22. The van der Waals surface area contributed by atoms with Gasteiger partial charge in [-0.2, -0.15) is 0 Å². The number of nitrogen functional groups attached to an aromatic ring is 1. The molecule has 4 nitrogen and oxygen atoms in total. The van der Waals surface area contributed by atoms with Crippen molar-refractivity contribution in [3.05, 3.63) is 54.2 Å². The molecule has 0 aliphatic rings. The van der Waals surface area contributed by atoms with Crippen LogP contribution in [-0.4, -0.2) is 9.97 Å². The molecule has 0 aliphatic heterocycles. The number of rotatable bonds is 2. The van der Waals surface area contributed by atoms with Gasteiger partial charge in [0.15, 0.2) is 23.3 Å². The number of pyridine rings is 2. The minimum atomic E-state index is -0.879. The molecule has 3 rings (SSSR count). The van der Waals surface area contributed by atoms with Crippen LogP contribution in [0, 0.1) is 11.6 Å². The minimum Gasteiger partial charge on any atom is -0.381 e. The summed E-state index contributed by atoms with van der Waals surface area (Å²) in [5.41, 5.74) is 6.77. The Labute approximate surface area is 113 Å². The quantitative estimate of drug-likeness (QED) is 0.751. The smallest absolute Gasteiger partial charge is 0.169 e. The predicted octanol–water partition coefficient (Wildman–Crippen LogP) is 3.23. The normalized spacial score (nSPS) is 10.7. The van der Waals surface area contributed by atoms with E-state index in [1.807, 2.05) is 6.07 Å². The van der Waals surface area contributed by atoms with E-state index in [9.17, 15) is 8.78 Å². The fraction of sp³-hybridized carbons (Fsp3) is 0. The zero-order valence-electron chi connectivity index (χ0n) is 10.3. The zero-order chi connectivity index (χ0) is 14.1. The van der Waals surface area contributed by atoms with Crippen LogP contribution in [0.25, 0.3) is 10.9 Å². The molecule has 1 aromatic carbocycles. The Kier molecular flexibility index (Phi) is 2.90. The van der Waals surface area contributed by atoms with Crippen LogP contribution in [-0.2, 0) is 0 Å². The summed E-state index contributed by atoms with van der Waals surface area (Å²) in [5, 5.41) is 3.67. The van der Waals surface area contributed by atoms with Crippen LogP contribution in [0.2, 0.25) is 0 Å².